The van der Waals surface area contributed by atoms with Crippen molar-refractivity contribution in [1.29, 1.82) is 0 Å². The number of piperidine rings is 1. The van der Waals surface area contributed by atoms with Crippen molar-refractivity contribution in [2.24, 2.45) is 11.3 Å². The van der Waals surface area contributed by atoms with Crippen molar-refractivity contribution in [3.63, 3.8) is 0 Å². The summed E-state index contributed by atoms with van der Waals surface area (Å²) in [5, 5.41) is 3.43. The van der Waals surface area contributed by atoms with Crippen molar-refractivity contribution in [3.8, 4) is 0 Å². The summed E-state index contributed by atoms with van der Waals surface area (Å²) >= 11 is 0. The molecule has 3 unspecified atom stereocenters. The third-order valence-corrected chi connectivity index (χ3v) is 4.44. The van der Waals surface area contributed by atoms with Crippen molar-refractivity contribution < 1.29 is 4.79 Å². The molecule has 2 rings (SSSR count). The predicted octanol–water partition coefficient (Wildman–Crippen LogP) is 2.02. The van der Waals surface area contributed by atoms with Crippen LogP contribution in [0.5, 0.6) is 0 Å². The number of nitrogens with zero attached hydrogens (tertiary/aromatic N) is 1. The van der Waals surface area contributed by atoms with Gasteiger partial charge in [-0.25, -0.2) is 0 Å². The van der Waals surface area contributed by atoms with Crippen molar-refractivity contribution in [3.05, 3.63) is 0 Å². The smallest absolute Gasteiger partial charge is 0.240 e. The van der Waals surface area contributed by atoms with Gasteiger partial charge < -0.3 is 10.2 Å². The summed E-state index contributed by atoms with van der Waals surface area (Å²) in [6, 6.07) is 0.432. The molecule has 2 saturated heterocycles. The van der Waals surface area contributed by atoms with Crippen LogP contribution in [0.2, 0.25) is 0 Å². The zero-order chi connectivity index (χ0) is 12.6. The highest BCUT2D eigenvalue weighted by Gasteiger charge is 2.42. The number of rotatable bonds is 1. The summed E-state index contributed by atoms with van der Waals surface area (Å²) in [5.41, 5.74) is 0.0981. The standard InChI is InChI=1S/C14H26N2O/c1-10-8-11(2)16(9-10)13(17)12-14(3,4)6-5-7-15-12/h10-12,15H,5-9H2,1-4H3. The van der Waals surface area contributed by atoms with E-state index in [1.54, 1.807) is 0 Å². The van der Waals surface area contributed by atoms with Gasteiger partial charge in [0.25, 0.3) is 0 Å². The van der Waals surface area contributed by atoms with E-state index in [2.05, 4.69) is 37.9 Å². The van der Waals surface area contributed by atoms with Crippen LogP contribution in [0, 0.1) is 11.3 Å². The number of carbonyl (C=O) groups is 1. The van der Waals surface area contributed by atoms with Crippen LogP contribution in [0.25, 0.3) is 0 Å². The van der Waals surface area contributed by atoms with Gasteiger partial charge in [0.1, 0.15) is 0 Å². The molecule has 2 aliphatic rings. The molecule has 2 fully saturated rings. The summed E-state index contributed by atoms with van der Waals surface area (Å²) in [4.78, 5) is 14.7. The first-order valence-corrected chi connectivity index (χ1v) is 6.95. The molecule has 2 aliphatic heterocycles. The molecule has 98 valence electrons. The van der Waals surface area contributed by atoms with Crippen LogP contribution in [0.1, 0.15) is 47.0 Å². The molecule has 2 heterocycles. The summed E-state index contributed by atoms with van der Waals surface area (Å²) in [6.45, 7) is 10.8. The molecule has 0 aromatic heterocycles. The fourth-order valence-electron chi connectivity index (χ4n) is 3.41. The zero-order valence-electron chi connectivity index (χ0n) is 11.6. The van der Waals surface area contributed by atoms with Crippen molar-refractivity contribution in [2.75, 3.05) is 13.1 Å². The van der Waals surface area contributed by atoms with E-state index in [4.69, 9.17) is 0 Å². The molecule has 0 saturated carbocycles. The molecule has 0 spiro atoms. The Bertz CT molecular complexity index is 301. The molecule has 0 aromatic carbocycles. The van der Waals surface area contributed by atoms with Gasteiger partial charge >= 0.3 is 0 Å². The van der Waals surface area contributed by atoms with E-state index in [-0.39, 0.29) is 11.5 Å². The number of nitrogens with one attached hydrogen (secondary N) is 1. The topological polar surface area (TPSA) is 32.3 Å². The highest BCUT2D eigenvalue weighted by molar-refractivity contribution is 5.83. The molecule has 3 atom stereocenters. The van der Waals surface area contributed by atoms with Gasteiger partial charge in [-0.2, -0.15) is 0 Å². The maximum absolute atomic E-state index is 12.6. The zero-order valence-corrected chi connectivity index (χ0v) is 11.6. The van der Waals surface area contributed by atoms with Crippen molar-refractivity contribution in [1.82, 2.24) is 10.2 Å². The van der Waals surface area contributed by atoms with Crippen molar-refractivity contribution in [2.45, 2.75) is 59.0 Å². The molecule has 0 radical (unpaired) electrons. The Hall–Kier alpha value is -0.570. The number of hydrogen-bond donors (Lipinski definition) is 1. The molecule has 0 bridgehead atoms. The molecule has 3 heteroatoms. The van der Waals surface area contributed by atoms with E-state index in [1.165, 1.54) is 6.42 Å². The predicted molar refractivity (Wildman–Crippen MR) is 69.8 cm³/mol. The summed E-state index contributed by atoms with van der Waals surface area (Å²) in [5.74, 6) is 0.979. The lowest BCUT2D eigenvalue weighted by Gasteiger charge is -2.41. The Balaban J connectivity index is 2.08. The minimum Gasteiger partial charge on any atom is -0.338 e. The van der Waals surface area contributed by atoms with Gasteiger partial charge in [-0.1, -0.05) is 20.8 Å². The van der Waals surface area contributed by atoms with Crippen LogP contribution in [0.4, 0.5) is 0 Å². The van der Waals surface area contributed by atoms with Gasteiger partial charge in [-0.05, 0) is 44.1 Å². The van der Waals surface area contributed by atoms with E-state index in [0.29, 0.717) is 17.9 Å². The fourth-order valence-corrected chi connectivity index (χ4v) is 3.41. The first kappa shape index (κ1) is 12.9. The van der Waals surface area contributed by atoms with E-state index in [1.807, 2.05) is 0 Å². The molecular formula is C14H26N2O. The molecule has 1 N–H and O–H groups in total. The van der Waals surface area contributed by atoms with Gasteiger partial charge in [0.05, 0.1) is 6.04 Å². The summed E-state index contributed by atoms with van der Waals surface area (Å²) < 4.78 is 0. The third-order valence-electron chi connectivity index (χ3n) is 4.44. The van der Waals surface area contributed by atoms with Crippen LogP contribution >= 0.6 is 0 Å². The second-order valence-corrected chi connectivity index (χ2v) is 6.66. The first-order valence-electron chi connectivity index (χ1n) is 6.95. The lowest BCUT2D eigenvalue weighted by Crippen LogP contribution is -2.57. The Morgan fingerprint density at radius 1 is 1.35 bits per heavy atom. The van der Waals surface area contributed by atoms with Gasteiger partial charge in [0.15, 0.2) is 0 Å². The summed E-state index contributed by atoms with van der Waals surface area (Å²) in [6.07, 6.45) is 3.48. The molecule has 1 amide bonds. The highest BCUT2D eigenvalue weighted by Crippen LogP contribution is 2.33. The quantitative estimate of drug-likeness (QED) is 0.758. The monoisotopic (exact) mass is 238 g/mol. The van der Waals surface area contributed by atoms with Crippen LogP contribution in [0.3, 0.4) is 0 Å². The first-order chi connectivity index (χ1) is 7.92. The maximum Gasteiger partial charge on any atom is 0.240 e. The van der Waals surface area contributed by atoms with Crippen LogP contribution in [0.15, 0.2) is 0 Å². The Morgan fingerprint density at radius 2 is 2.06 bits per heavy atom. The van der Waals surface area contributed by atoms with E-state index in [0.717, 1.165) is 25.9 Å². The normalized spacial score (nSPS) is 37.2. The average molecular weight is 238 g/mol. The highest BCUT2D eigenvalue weighted by atomic mass is 16.2. The minimum atomic E-state index is 0.0176. The number of hydrogen-bond acceptors (Lipinski definition) is 2. The van der Waals surface area contributed by atoms with Gasteiger partial charge in [0.2, 0.25) is 5.91 Å². The minimum absolute atomic E-state index is 0.0176. The fraction of sp³-hybridized carbons (Fsp3) is 0.929. The van der Waals surface area contributed by atoms with E-state index < -0.39 is 0 Å². The van der Waals surface area contributed by atoms with Crippen LogP contribution in [-0.4, -0.2) is 36.0 Å². The second kappa shape index (κ2) is 4.60. The van der Waals surface area contributed by atoms with E-state index in [9.17, 15) is 4.79 Å². The van der Waals surface area contributed by atoms with Gasteiger partial charge in [-0.3, -0.25) is 4.79 Å². The lowest BCUT2D eigenvalue weighted by molar-refractivity contribution is -0.138. The van der Waals surface area contributed by atoms with Crippen LogP contribution < -0.4 is 5.32 Å². The Labute approximate surface area is 105 Å². The van der Waals surface area contributed by atoms with Crippen molar-refractivity contribution >= 4 is 5.91 Å². The Morgan fingerprint density at radius 3 is 2.59 bits per heavy atom. The number of likely N-dealkylation sites (tertiary alicyclic amines) is 1. The molecule has 3 nitrogen and oxygen atoms in total. The van der Waals surface area contributed by atoms with Gasteiger partial charge in [0, 0.05) is 12.6 Å². The number of amides is 1. The largest absolute Gasteiger partial charge is 0.338 e. The molecule has 0 aliphatic carbocycles. The molecule has 0 aromatic rings. The average Bonchev–Trinajstić information content (AvgIpc) is 2.56. The third kappa shape index (κ3) is 2.49. The van der Waals surface area contributed by atoms with Gasteiger partial charge in [-0.15, -0.1) is 0 Å². The van der Waals surface area contributed by atoms with Crippen LogP contribution in [-0.2, 0) is 4.79 Å². The SMILES string of the molecule is CC1CC(C)N(C(=O)C2NCCCC2(C)C)C1. The summed E-state index contributed by atoms with van der Waals surface area (Å²) in [7, 11) is 0. The van der Waals surface area contributed by atoms with E-state index >= 15 is 0 Å². The number of carbonyl (C=O) groups excluding carboxylic acids is 1. The lowest BCUT2D eigenvalue weighted by atomic mass is 9.77. The maximum atomic E-state index is 12.6. The second-order valence-electron chi connectivity index (χ2n) is 6.66. The Kier molecular flexibility index (Phi) is 3.48. The molecule has 17 heavy (non-hydrogen) atoms. The molecular weight excluding hydrogens is 212 g/mol.